The van der Waals surface area contributed by atoms with E-state index in [-0.39, 0.29) is 0 Å². The van der Waals surface area contributed by atoms with Gasteiger partial charge in [-0.1, -0.05) is 29.8 Å². The Hall–Kier alpha value is -1.59. The van der Waals surface area contributed by atoms with Crippen molar-refractivity contribution in [3.63, 3.8) is 0 Å². The third-order valence-electron chi connectivity index (χ3n) is 3.61. The van der Waals surface area contributed by atoms with E-state index >= 15 is 0 Å². The summed E-state index contributed by atoms with van der Waals surface area (Å²) in [7, 11) is 0. The molecular weight excluding hydrogens is 264 g/mol. The SMILES string of the molecule is Cc1ccc(CN=C(N)NCCCN2CCOCC2)cc1. The Morgan fingerprint density at radius 3 is 2.71 bits per heavy atom. The largest absolute Gasteiger partial charge is 0.379 e. The number of aliphatic imine (C=N–C) groups is 1. The molecule has 0 unspecified atom stereocenters. The Bertz CT molecular complexity index is 438. The van der Waals surface area contributed by atoms with Crippen LogP contribution < -0.4 is 11.1 Å². The van der Waals surface area contributed by atoms with Gasteiger partial charge in [-0.25, -0.2) is 4.99 Å². The molecule has 0 atom stereocenters. The molecule has 0 amide bonds. The Labute approximate surface area is 127 Å². The van der Waals surface area contributed by atoms with Crippen LogP contribution in [0.15, 0.2) is 29.3 Å². The quantitative estimate of drug-likeness (QED) is 0.468. The second kappa shape index (κ2) is 8.64. The minimum atomic E-state index is 0.526. The normalized spacial score (nSPS) is 16.9. The van der Waals surface area contributed by atoms with Crippen LogP contribution in [0.3, 0.4) is 0 Å². The highest BCUT2D eigenvalue weighted by atomic mass is 16.5. The van der Waals surface area contributed by atoms with Crippen molar-refractivity contribution in [1.82, 2.24) is 10.2 Å². The van der Waals surface area contributed by atoms with E-state index < -0.39 is 0 Å². The van der Waals surface area contributed by atoms with E-state index in [9.17, 15) is 0 Å². The van der Waals surface area contributed by atoms with Crippen molar-refractivity contribution in [3.8, 4) is 0 Å². The molecule has 2 rings (SSSR count). The first-order chi connectivity index (χ1) is 10.2. The summed E-state index contributed by atoms with van der Waals surface area (Å²) in [6.45, 7) is 8.44. The first kappa shape index (κ1) is 15.8. The molecule has 0 radical (unpaired) electrons. The number of nitrogens with zero attached hydrogens (tertiary/aromatic N) is 2. The highest BCUT2D eigenvalue weighted by molar-refractivity contribution is 5.77. The zero-order valence-corrected chi connectivity index (χ0v) is 12.8. The fraction of sp³-hybridized carbons (Fsp3) is 0.562. The summed E-state index contributed by atoms with van der Waals surface area (Å²) in [5.74, 6) is 0.526. The third-order valence-corrected chi connectivity index (χ3v) is 3.61. The minimum Gasteiger partial charge on any atom is -0.379 e. The molecule has 1 aromatic rings. The van der Waals surface area contributed by atoms with Gasteiger partial charge in [-0.15, -0.1) is 0 Å². The fourth-order valence-electron chi connectivity index (χ4n) is 2.27. The molecule has 1 aliphatic rings. The van der Waals surface area contributed by atoms with Gasteiger partial charge in [0.1, 0.15) is 0 Å². The molecule has 1 fully saturated rings. The van der Waals surface area contributed by atoms with Crippen LogP contribution in [0, 0.1) is 6.92 Å². The van der Waals surface area contributed by atoms with Crippen LogP contribution in [0.4, 0.5) is 0 Å². The molecule has 1 aromatic carbocycles. The molecule has 116 valence electrons. The molecule has 0 aliphatic carbocycles. The second-order valence-corrected chi connectivity index (χ2v) is 5.42. The number of nitrogens with two attached hydrogens (primary N) is 1. The van der Waals surface area contributed by atoms with Crippen LogP contribution in [-0.4, -0.2) is 50.3 Å². The first-order valence-corrected chi connectivity index (χ1v) is 7.63. The summed E-state index contributed by atoms with van der Waals surface area (Å²) in [4.78, 5) is 6.78. The standard InChI is InChI=1S/C16H26N4O/c1-14-3-5-15(6-4-14)13-19-16(17)18-7-2-8-20-9-11-21-12-10-20/h3-6H,2,7-13H2,1H3,(H3,17,18,19). The van der Waals surface area contributed by atoms with Crippen molar-refractivity contribution in [1.29, 1.82) is 0 Å². The Morgan fingerprint density at radius 2 is 2.00 bits per heavy atom. The average molecular weight is 290 g/mol. The average Bonchev–Trinajstić information content (AvgIpc) is 2.52. The summed E-state index contributed by atoms with van der Waals surface area (Å²) < 4.78 is 5.33. The van der Waals surface area contributed by atoms with Crippen molar-refractivity contribution in [2.75, 3.05) is 39.4 Å². The number of aryl methyl sites for hydroxylation is 1. The van der Waals surface area contributed by atoms with E-state index in [4.69, 9.17) is 10.5 Å². The lowest BCUT2D eigenvalue weighted by molar-refractivity contribution is 0.0376. The van der Waals surface area contributed by atoms with Crippen LogP contribution >= 0.6 is 0 Å². The molecule has 0 spiro atoms. The molecule has 0 bridgehead atoms. The second-order valence-electron chi connectivity index (χ2n) is 5.42. The maximum Gasteiger partial charge on any atom is 0.188 e. The number of guanidine groups is 1. The number of morpholine rings is 1. The van der Waals surface area contributed by atoms with Gasteiger partial charge in [0.05, 0.1) is 19.8 Å². The molecule has 5 nitrogen and oxygen atoms in total. The van der Waals surface area contributed by atoms with E-state index in [1.165, 1.54) is 11.1 Å². The van der Waals surface area contributed by atoms with E-state index in [2.05, 4.69) is 46.4 Å². The lowest BCUT2D eigenvalue weighted by Gasteiger charge is -2.26. The van der Waals surface area contributed by atoms with E-state index in [1.54, 1.807) is 0 Å². The van der Waals surface area contributed by atoms with Gasteiger partial charge < -0.3 is 15.8 Å². The van der Waals surface area contributed by atoms with Crippen molar-refractivity contribution in [2.24, 2.45) is 10.7 Å². The number of rotatable bonds is 6. The van der Waals surface area contributed by atoms with Gasteiger partial charge in [-0.05, 0) is 25.5 Å². The number of benzene rings is 1. The number of nitrogens with one attached hydrogen (secondary N) is 1. The zero-order chi connectivity index (χ0) is 14.9. The van der Waals surface area contributed by atoms with Crippen molar-refractivity contribution in [3.05, 3.63) is 35.4 Å². The van der Waals surface area contributed by atoms with Crippen LogP contribution in [0.25, 0.3) is 0 Å². The van der Waals surface area contributed by atoms with Crippen molar-refractivity contribution in [2.45, 2.75) is 19.9 Å². The maximum atomic E-state index is 5.88. The van der Waals surface area contributed by atoms with Crippen LogP contribution in [0.2, 0.25) is 0 Å². The fourth-order valence-corrected chi connectivity index (χ4v) is 2.27. The monoisotopic (exact) mass is 290 g/mol. The summed E-state index contributed by atoms with van der Waals surface area (Å²) in [6, 6.07) is 8.36. The summed E-state index contributed by atoms with van der Waals surface area (Å²) >= 11 is 0. The maximum absolute atomic E-state index is 5.88. The van der Waals surface area contributed by atoms with Gasteiger partial charge >= 0.3 is 0 Å². The van der Waals surface area contributed by atoms with Crippen molar-refractivity contribution < 1.29 is 4.74 Å². The molecule has 0 saturated carbocycles. The molecule has 1 aliphatic heterocycles. The van der Waals surface area contributed by atoms with E-state index in [0.29, 0.717) is 12.5 Å². The highest BCUT2D eigenvalue weighted by Crippen LogP contribution is 2.04. The number of hydrogen-bond donors (Lipinski definition) is 2. The summed E-state index contributed by atoms with van der Waals surface area (Å²) in [6.07, 6.45) is 1.07. The van der Waals surface area contributed by atoms with Gasteiger partial charge in [-0.2, -0.15) is 0 Å². The molecular formula is C16H26N4O. The molecule has 1 heterocycles. The Morgan fingerprint density at radius 1 is 1.29 bits per heavy atom. The lowest BCUT2D eigenvalue weighted by atomic mass is 10.1. The molecule has 3 N–H and O–H groups in total. The van der Waals surface area contributed by atoms with E-state index in [1.807, 2.05) is 0 Å². The van der Waals surface area contributed by atoms with Crippen LogP contribution in [0.5, 0.6) is 0 Å². The predicted octanol–water partition coefficient (Wildman–Crippen LogP) is 1.12. The highest BCUT2D eigenvalue weighted by Gasteiger charge is 2.08. The molecule has 1 saturated heterocycles. The lowest BCUT2D eigenvalue weighted by Crippen LogP contribution is -2.39. The minimum absolute atomic E-state index is 0.526. The third kappa shape index (κ3) is 6.14. The molecule has 0 aromatic heterocycles. The summed E-state index contributed by atoms with van der Waals surface area (Å²) in [5.41, 5.74) is 8.32. The van der Waals surface area contributed by atoms with Gasteiger partial charge in [-0.3, -0.25) is 4.90 Å². The van der Waals surface area contributed by atoms with Gasteiger partial charge in [0.15, 0.2) is 5.96 Å². The van der Waals surface area contributed by atoms with Crippen LogP contribution in [0.1, 0.15) is 17.5 Å². The number of hydrogen-bond acceptors (Lipinski definition) is 3. The van der Waals surface area contributed by atoms with Gasteiger partial charge in [0.2, 0.25) is 0 Å². The smallest absolute Gasteiger partial charge is 0.188 e. The Balaban J connectivity index is 1.60. The topological polar surface area (TPSA) is 62.9 Å². The van der Waals surface area contributed by atoms with Crippen LogP contribution in [-0.2, 0) is 11.3 Å². The van der Waals surface area contributed by atoms with Gasteiger partial charge in [0.25, 0.3) is 0 Å². The predicted molar refractivity (Wildman–Crippen MR) is 86.4 cm³/mol. The molecule has 21 heavy (non-hydrogen) atoms. The summed E-state index contributed by atoms with van der Waals surface area (Å²) in [5, 5.41) is 3.17. The van der Waals surface area contributed by atoms with E-state index in [0.717, 1.165) is 45.8 Å². The zero-order valence-electron chi connectivity index (χ0n) is 12.8. The Kier molecular flexibility index (Phi) is 6.50. The van der Waals surface area contributed by atoms with Gasteiger partial charge in [0, 0.05) is 19.6 Å². The number of ether oxygens (including phenoxy) is 1. The molecule has 5 heteroatoms. The first-order valence-electron chi connectivity index (χ1n) is 7.63. The van der Waals surface area contributed by atoms with Crippen molar-refractivity contribution >= 4 is 5.96 Å².